The third kappa shape index (κ3) is 3.84. The number of nitrogens with zero attached hydrogens (tertiary/aromatic N) is 3. The fraction of sp³-hybridized carbons (Fsp3) is 0.571. The van der Waals surface area contributed by atoms with Gasteiger partial charge in [0.25, 0.3) is 5.56 Å². The SMILES string of the molecule is CC(C)C(=O)Nc1nc2c(ncn2C2O[C@H](CO)[C@H](F)C2O[PH](=O)O)c(=O)[nH]1. The normalized spacial score (nSPS) is 26.1. The van der Waals surface area contributed by atoms with E-state index < -0.39 is 50.9 Å². The van der Waals surface area contributed by atoms with Crippen LogP contribution < -0.4 is 10.9 Å². The molecule has 1 saturated heterocycles. The largest absolute Gasteiger partial charge is 0.394 e. The maximum absolute atomic E-state index is 14.5. The molecule has 14 heteroatoms. The highest BCUT2D eigenvalue weighted by molar-refractivity contribution is 7.32. The minimum atomic E-state index is -3.53. The molecule has 3 heterocycles. The van der Waals surface area contributed by atoms with E-state index >= 15 is 0 Å². The highest BCUT2D eigenvalue weighted by Crippen LogP contribution is 2.39. The third-order valence-electron chi connectivity index (χ3n) is 4.15. The number of aromatic amines is 1. The average molecular weight is 419 g/mol. The van der Waals surface area contributed by atoms with E-state index in [-0.39, 0.29) is 23.0 Å². The van der Waals surface area contributed by atoms with Gasteiger partial charge in [0, 0.05) is 5.92 Å². The van der Waals surface area contributed by atoms with Gasteiger partial charge in [-0.2, -0.15) is 4.98 Å². The number of aliphatic hydroxyl groups is 1. The van der Waals surface area contributed by atoms with Gasteiger partial charge in [0.15, 0.2) is 23.6 Å². The molecule has 3 rings (SSSR count). The number of nitrogens with one attached hydrogen (secondary N) is 2. The Balaban J connectivity index is 2.04. The molecule has 1 amide bonds. The van der Waals surface area contributed by atoms with E-state index in [1.54, 1.807) is 13.8 Å². The van der Waals surface area contributed by atoms with Gasteiger partial charge in [-0.25, -0.2) is 9.37 Å². The number of aliphatic hydroxyl groups excluding tert-OH is 1. The van der Waals surface area contributed by atoms with Crippen LogP contribution >= 0.6 is 8.25 Å². The summed E-state index contributed by atoms with van der Waals surface area (Å²) in [6.45, 7) is 2.61. The molecule has 1 aliphatic rings. The summed E-state index contributed by atoms with van der Waals surface area (Å²) in [5.41, 5.74) is -0.848. The van der Waals surface area contributed by atoms with Crippen LogP contribution in [0, 0.1) is 5.92 Å². The zero-order valence-electron chi connectivity index (χ0n) is 14.8. The van der Waals surface area contributed by atoms with Crippen LogP contribution in [0.25, 0.3) is 11.2 Å². The Morgan fingerprint density at radius 1 is 1.57 bits per heavy atom. The van der Waals surface area contributed by atoms with Gasteiger partial charge in [-0.15, -0.1) is 0 Å². The summed E-state index contributed by atoms with van der Waals surface area (Å²) in [5.74, 6) is -0.920. The number of rotatable bonds is 6. The summed E-state index contributed by atoms with van der Waals surface area (Å²) in [7, 11) is -3.53. The molecule has 0 radical (unpaired) electrons. The van der Waals surface area contributed by atoms with E-state index in [1.165, 1.54) is 0 Å². The lowest BCUT2D eigenvalue weighted by molar-refractivity contribution is -0.118. The number of anilines is 1. The Labute approximate surface area is 157 Å². The second kappa shape index (κ2) is 8.05. The van der Waals surface area contributed by atoms with Crippen LogP contribution in [-0.4, -0.2) is 60.4 Å². The van der Waals surface area contributed by atoms with Crippen LogP contribution in [0.15, 0.2) is 11.1 Å². The molecule has 0 spiro atoms. The Morgan fingerprint density at radius 3 is 2.89 bits per heavy atom. The van der Waals surface area contributed by atoms with Crippen molar-refractivity contribution >= 4 is 31.3 Å². The van der Waals surface area contributed by atoms with Crippen molar-refractivity contribution in [1.82, 2.24) is 19.5 Å². The average Bonchev–Trinajstić information content (AvgIpc) is 3.16. The molecule has 5 atom stereocenters. The van der Waals surface area contributed by atoms with Crippen molar-refractivity contribution in [2.45, 2.75) is 38.5 Å². The number of hydrogen-bond acceptors (Lipinski definition) is 8. The number of carbonyl (C=O) groups excluding carboxylic acids is 1. The summed E-state index contributed by atoms with van der Waals surface area (Å²) in [6, 6.07) is 0. The lowest BCUT2D eigenvalue weighted by atomic mass is 10.1. The van der Waals surface area contributed by atoms with E-state index in [9.17, 15) is 23.7 Å². The van der Waals surface area contributed by atoms with Gasteiger partial charge in [0.1, 0.15) is 12.2 Å². The summed E-state index contributed by atoms with van der Waals surface area (Å²) in [6.07, 6.45) is -4.95. The van der Waals surface area contributed by atoms with Crippen molar-refractivity contribution < 1.29 is 33.0 Å². The molecule has 2 aromatic heterocycles. The van der Waals surface area contributed by atoms with Crippen molar-refractivity contribution in [3.8, 4) is 0 Å². The quantitative estimate of drug-likeness (QED) is 0.460. The zero-order chi connectivity index (χ0) is 20.6. The maximum Gasteiger partial charge on any atom is 0.317 e. The lowest BCUT2D eigenvalue weighted by Crippen LogP contribution is -2.30. The molecule has 154 valence electrons. The Hall–Kier alpha value is -2.18. The highest BCUT2D eigenvalue weighted by atomic mass is 31.1. The predicted molar refractivity (Wildman–Crippen MR) is 93.6 cm³/mol. The summed E-state index contributed by atoms with van der Waals surface area (Å²) in [4.78, 5) is 43.5. The van der Waals surface area contributed by atoms with Gasteiger partial charge in [-0.3, -0.25) is 33.5 Å². The molecule has 1 fully saturated rings. The summed E-state index contributed by atoms with van der Waals surface area (Å²) < 4.78 is 36.8. The van der Waals surface area contributed by atoms with Crippen molar-refractivity contribution in [2.75, 3.05) is 11.9 Å². The minimum Gasteiger partial charge on any atom is -0.394 e. The van der Waals surface area contributed by atoms with E-state index in [4.69, 9.17) is 14.2 Å². The number of imidazole rings is 1. The van der Waals surface area contributed by atoms with Crippen molar-refractivity contribution in [2.24, 2.45) is 5.92 Å². The van der Waals surface area contributed by atoms with Gasteiger partial charge in [-0.05, 0) is 0 Å². The second-order valence-corrected chi connectivity index (χ2v) is 7.19. The zero-order valence-corrected chi connectivity index (χ0v) is 15.8. The van der Waals surface area contributed by atoms with Crippen LogP contribution in [0.1, 0.15) is 20.1 Å². The van der Waals surface area contributed by atoms with Crippen molar-refractivity contribution in [1.29, 1.82) is 0 Å². The lowest BCUT2D eigenvalue weighted by Gasteiger charge is -2.19. The number of ether oxygens (including phenoxy) is 1. The molecule has 2 aromatic rings. The third-order valence-corrected chi connectivity index (χ3v) is 4.63. The Kier molecular flexibility index (Phi) is 5.91. The van der Waals surface area contributed by atoms with Crippen LogP contribution in [0.2, 0.25) is 0 Å². The van der Waals surface area contributed by atoms with E-state index in [1.807, 2.05) is 0 Å². The fourth-order valence-corrected chi connectivity index (χ4v) is 3.22. The molecule has 0 saturated carbocycles. The molecular weight excluding hydrogens is 400 g/mol. The molecular formula is C14H19FN5O7P. The van der Waals surface area contributed by atoms with Crippen molar-refractivity contribution in [3.05, 3.63) is 16.7 Å². The summed E-state index contributed by atoms with van der Waals surface area (Å²) >= 11 is 0. The van der Waals surface area contributed by atoms with E-state index in [0.29, 0.717) is 0 Å². The number of fused-ring (bicyclic) bond motifs is 1. The maximum atomic E-state index is 14.5. The molecule has 0 aromatic carbocycles. The van der Waals surface area contributed by atoms with Gasteiger partial charge < -0.3 is 14.7 Å². The standard InChI is InChI=1S/C14H19FN5O7P/c1-5(2)11(22)18-14-17-10-8(12(23)19-14)16-4-20(10)13-9(27-28(24)25)7(15)6(3-21)26-13/h4-7,9,13,21,28H,3H2,1-2H3,(H,24,25)(H2,17,18,19,22,23)/t6-,7+,9?,13?/m1/s1. The predicted octanol–water partition coefficient (Wildman–Crippen LogP) is -0.291. The first-order chi connectivity index (χ1) is 13.2. The van der Waals surface area contributed by atoms with Crippen LogP contribution in [0.5, 0.6) is 0 Å². The van der Waals surface area contributed by atoms with Crippen LogP contribution in [0.3, 0.4) is 0 Å². The molecule has 3 unspecified atom stereocenters. The Bertz CT molecular complexity index is 963. The fourth-order valence-electron chi connectivity index (χ4n) is 2.74. The van der Waals surface area contributed by atoms with Gasteiger partial charge >= 0.3 is 8.25 Å². The number of carbonyl (C=O) groups is 1. The number of aromatic nitrogens is 4. The van der Waals surface area contributed by atoms with Crippen LogP contribution in [0.4, 0.5) is 10.3 Å². The smallest absolute Gasteiger partial charge is 0.317 e. The first-order valence-corrected chi connectivity index (χ1v) is 9.57. The van der Waals surface area contributed by atoms with Gasteiger partial charge in [0.2, 0.25) is 11.9 Å². The molecule has 0 aliphatic carbocycles. The number of alkyl halides is 1. The van der Waals surface area contributed by atoms with Gasteiger partial charge in [0.05, 0.1) is 12.9 Å². The first kappa shape index (κ1) is 20.6. The molecule has 28 heavy (non-hydrogen) atoms. The van der Waals surface area contributed by atoms with Gasteiger partial charge in [-0.1, -0.05) is 13.8 Å². The summed E-state index contributed by atoms with van der Waals surface area (Å²) in [5, 5.41) is 11.7. The van der Waals surface area contributed by atoms with E-state index in [2.05, 4.69) is 20.3 Å². The first-order valence-electron chi connectivity index (χ1n) is 8.30. The number of halogens is 1. The minimum absolute atomic E-state index is 0.0650. The molecule has 0 bridgehead atoms. The second-order valence-electron chi connectivity index (χ2n) is 6.42. The van der Waals surface area contributed by atoms with Crippen molar-refractivity contribution in [3.63, 3.8) is 0 Å². The molecule has 1 aliphatic heterocycles. The highest BCUT2D eigenvalue weighted by Gasteiger charge is 2.48. The topological polar surface area (TPSA) is 169 Å². The van der Waals surface area contributed by atoms with Crippen LogP contribution in [-0.2, 0) is 18.6 Å². The number of H-pyrrole nitrogens is 1. The monoisotopic (exact) mass is 419 g/mol. The van der Waals surface area contributed by atoms with E-state index in [0.717, 1.165) is 10.9 Å². The number of amides is 1. The Morgan fingerprint density at radius 2 is 2.29 bits per heavy atom. The molecule has 12 nitrogen and oxygen atoms in total. The number of hydrogen-bond donors (Lipinski definition) is 4. The molecule has 4 N–H and O–H groups in total.